The van der Waals surface area contributed by atoms with E-state index < -0.39 is 0 Å². The first kappa shape index (κ1) is 20.2. The maximum atomic E-state index is 14.1. The van der Waals surface area contributed by atoms with E-state index in [1.807, 2.05) is 31.3 Å². The van der Waals surface area contributed by atoms with Crippen LogP contribution in [-0.2, 0) is 0 Å². The van der Waals surface area contributed by atoms with Crippen LogP contribution in [-0.4, -0.2) is 51.4 Å². The van der Waals surface area contributed by atoms with Crippen LogP contribution in [0.1, 0.15) is 6.42 Å². The van der Waals surface area contributed by atoms with Crippen LogP contribution >= 0.6 is 0 Å². The van der Waals surface area contributed by atoms with Gasteiger partial charge in [-0.25, -0.2) is 9.37 Å². The van der Waals surface area contributed by atoms with Gasteiger partial charge < -0.3 is 20.3 Å². The predicted octanol–water partition coefficient (Wildman–Crippen LogP) is 3.68. The number of anilines is 1. The van der Waals surface area contributed by atoms with E-state index in [-0.39, 0.29) is 5.82 Å². The van der Waals surface area contributed by atoms with Crippen molar-refractivity contribution in [3.8, 4) is 17.0 Å². The minimum atomic E-state index is -0.218. The summed E-state index contributed by atoms with van der Waals surface area (Å²) in [6, 6.07) is 15.1. The van der Waals surface area contributed by atoms with Gasteiger partial charge in [0.15, 0.2) is 0 Å². The molecule has 5 nitrogen and oxygen atoms in total. The molecule has 2 N–H and O–H groups in total. The first-order valence-corrected chi connectivity index (χ1v) is 11.1. The molecule has 0 amide bonds. The Balaban J connectivity index is 1.49. The van der Waals surface area contributed by atoms with E-state index in [4.69, 9.17) is 9.72 Å². The van der Waals surface area contributed by atoms with Gasteiger partial charge >= 0.3 is 0 Å². The smallest absolute Gasteiger partial charge is 0.124 e. The van der Waals surface area contributed by atoms with E-state index in [1.54, 1.807) is 12.1 Å². The third kappa shape index (κ3) is 4.23. The van der Waals surface area contributed by atoms with E-state index in [0.29, 0.717) is 18.4 Å². The summed E-state index contributed by atoms with van der Waals surface area (Å²) in [5.41, 5.74) is 3.86. The number of halogens is 1. The van der Waals surface area contributed by atoms with Crippen molar-refractivity contribution < 1.29 is 9.13 Å². The Hall–Kier alpha value is -2.70. The molecule has 31 heavy (non-hydrogen) atoms. The van der Waals surface area contributed by atoms with E-state index in [2.05, 4.69) is 21.6 Å². The number of likely N-dealkylation sites (N-methyl/N-ethyl adjacent to an activating group) is 1. The Morgan fingerprint density at radius 3 is 2.77 bits per heavy atom. The lowest BCUT2D eigenvalue weighted by atomic mass is 9.90. The zero-order chi connectivity index (χ0) is 21.2. The third-order valence-electron chi connectivity index (χ3n) is 6.54. The number of nitrogens with one attached hydrogen (secondary N) is 2. The highest BCUT2D eigenvalue weighted by molar-refractivity contribution is 5.94. The van der Waals surface area contributed by atoms with Crippen LogP contribution in [0.25, 0.3) is 22.2 Å². The van der Waals surface area contributed by atoms with Crippen molar-refractivity contribution in [3.05, 3.63) is 54.3 Å². The van der Waals surface area contributed by atoms with Crippen molar-refractivity contribution in [3.63, 3.8) is 0 Å². The molecule has 2 aliphatic rings. The lowest BCUT2D eigenvalue weighted by molar-refractivity contribution is 0.318. The van der Waals surface area contributed by atoms with Crippen molar-refractivity contribution in [1.29, 1.82) is 0 Å². The minimum absolute atomic E-state index is 0.218. The van der Waals surface area contributed by atoms with E-state index in [1.165, 1.54) is 12.5 Å². The molecule has 6 heteroatoms. The topological polar surface area (TPSA) is 49.4 Å². The molecule has 3 heterocycles. The summed E-state index contributed by atoms with van der Waals surface area (Å²) in [6.07, 6.45) is 1.21. The molecule has 3 aromatic rings. The molecule has 5 rings (SSSR count). The van der Waals surface area contributed by atoms with Gasteiger partial charge in [0.2, 0.25) is 0 Å². The maximum absolute atomic E-state index is 14.1. The number of piperidine rings is 1. The second-order valence-corrected chi connectivity index (χ2v) is 8.58. The van der Waals surface area contributed by atoms with Crippen molar-refractivity contribution in [2.24, 2.45) is 11.8 Å². The van der Waals surface area contributed by atoms with Gasteiger partial charge in [-0.05, 0) is 86.9 Å². The molecule has 2 aliphatic heterocycles. The van der Waals surface area contributed by atoms with Crippen LogP contribution in [0.15, 0.2) is 48.5 Å². The molecule has 162 valence electrons. The molecular formula is C25H29FN4O. The molecular weight excluding hydrogens is 391 g/mol. The maximum Gasteiger partial charge on any atom is 0.124 e. The monoisotopic (exact) mass is 420 g/mol. The van der Waals surface area contributed by atoms with Gasteiger partial charge in [-0.1, -0.05) is 0 Å². The van der Waals surface area contributed by atoms with Crippen LogP contribution in [0.5, 0.6) is 5.75 Å². The summed E-state index contributed by atoms with van der Waals surface area (Å²) in [5.74, 6) is 1.99. The lowest BCUT2D eigenvalue weighted by Gasteiger charge is -2.23. The Bertz CT molecular complexity index is 1040. The van der Waals surface area contributed by atoms with Gasteiger partial charge in [-0.3, -0.25) is 0 Å². The molecule has 2 aromatic carbocycles. The highest BCUT2D eigenvalue weighted by Gasteiger charge is 2.35. The second-order valence-electron chi connectivity index (χ2n) is 8.58. The van der Waals surface area contributed by atoms with Crippen molar-refractivity contribution in [1.82, 2.24) is 15.6 Å². The average Bonchev–Trinajstić information content (AvgIpc) is 3.23. The summed E-state index contributed by atoms with van der Waals surface area (Å²) in [7, 11) is 1.91. The summed E-state index contributed by atoms with van der Waals surface area (Å²) >= 11 is 0. The van der Waals surface area contributed by atoms with Gasteiger partial charge in [0, 0.05) is 36.3 Å². The summed E-state index contributed by atoms with van der Waals surface area (Å²) in [5, 5.41) is 7.49. The van der Waals surface area contributed by atoms with Crippen molar-refractivity contribution in [2.45, 2.75) is 6.42 Å². The summed E-state index contributed by atoms with van der Waals surface area (Å²) in [4.78, 5) is 7.29. The van der Waals surface area contributed by atoms with Gasteiger partial charge in [-0.2, -0.15) is 0 Å². The number of hydrogen-bond donors (Lipinski definition) is 2. The average molecular weight is 421 g/mol. The minimum Gasteiger partial charge on any atom is -0.492 e. The predicted molar refractivity (Wildman–Crippen MR) is 123 cm³/mol. The van der Waals surface area contributed by atoms with Crippen molar-refractivity contribution in [2.75, 3.05) is 51.3 Å². The normalized spacial score (nSPS) is 20.8. The molecule has 2 fully saturated rings. The Morgan fingerprint density at radius 2 is 1.97 bits per heavy atom. The molecule has 0 radical (unpaired) electrons. The van der Waals surface area contributed by atoms with E-state index in [9.17, 15) is 4.39 Å². The highest BCUT2D eigenvalue weighted by atomic mass is 19.1. The second kappa shape index (κ2) is 8.81. The number of nitrogens with zero attached hydrogens (tertiary/aromatic N) is 2. The number of aromatic nitrogens is 1. The van der Waals surface area contributed by atoms with Crippen LogP contribution < -0.4 is 20.3 Å². The SMILES string of the molecule is CNCCOc1ccc(-c2cc(N3CC4CCNCC4C3)c3cc(F)ccc3n2)cc1. The molecule has 2 atom stereocenters. The first-order valence-electron chi connectivity index (χ1n) is 11.1. The third-order valence-corrected chi connectivity index (χ3v) is 6.54. The fourth-order valence-electron chi connectivity index (χ4n) is 4.85. The van der Waals surface area contributed by atoms with E-state index in [0.717, 1.165) is 66.3 Å². The number of rotatable bonds is 6. The van der Waals surface area contributed by atoms with Crippen LogP contribution in [0, 0.1) is 17.7 Å². The fourth-order valence-corrected chi connectivity index (χ4v) is 4.85. The number of pyridine rings is 1. The largest absolute Gasteiger partial charge is 0.492 e. The Labute approximate surface area is 182 Å². The zero-order valence-corrected chi connectivity index (χ0v) is 17.9. The number of ether oxygens (including phenoxy) is 1. The van der Waals surface area contributed by atoms with Gasteiger partial charge in [0.05, 0.1) is 11.2 Å². The molecule has 0 spiro atoms. The molecule has 0 saturated carbocycles. The fraction of sp³-hybridized carbons (Fsp3) is 0.400. The van der Waals surface area contributed by atoms with Gasteiger partial charge in [0.1, 0.15) is 18.2 Å². The molecule has 0 aliphatic carbocycles. The number of hydrogen-bond acceptors (Lipinski definition) is 5. The molecule has 2 unspecified atom stereocenters. The van der Waals surface area contributed by atoms with Crippen molar-refractivity contribution >= 4 is 16.6 Å². The zero-order valence-electron chi connectivity index (χ0n) is 17.9. The standard InChI is InChI=1S/C25H29FN4O/c1-27-10-11-31-21-5-2-17(3-6-21)24-13-25(22-12-20(26)4-7-23(22)29-24)30-15-18-8-9-28-14-19(18)16-30/h2-7,12-13,18-19,27-28H,8-11,14-16H2,1H3. The Morgan fingerprint density at radius 1 is 1.13 bits per heavy atom. The van der Waals surface area contributed by atoms with Crippen LogP contribution in [0.2, 0.25) is 0 Å². The van der Waals surface area contributed by atoms with Crippen LogP contribution in [0.4, 0.5) is 10.1 Å². The molecule has 0 bridgehead atoms. The van der Waals surface area contributed by atoms with Crippen LogP contribution in [0.3, 0.4) is 0 Å². The summed E-state index contributed by atoms with van der Waals surface area (Å²) in [6.45, 7) is 5.63. The Kier molecular flexibility index (Phi) is 5.74. The van der Waals surface area contributed by atoms with Gasteiger partial charge in [0.25, 0.3) is 0 Å². The number of benzene rings is 2. The van der Waals surface area contributed by atoms with E-state index >= 15 is 0 Å². The summed E-state index contributed by atoms with van der Waals surface area (Å²) < 4.78 is 19.9. The quantitative estimate of drug-likeness (QED) is 0.596. The first-order chi connectivity index (χ1) is 15.2. The number of fused-ring (bicyclic) bond motifs is 2. The molecule has 2 saturated heterocycles. The highest BCUT2D eigenvalue weighted by Crippen LogP contribution is 2.37. The lowest BCUT2D eigenvalue weighted by Crippen LogP contribution is -2.35. The van der Waals surface area contributed by atoms with Gasteiger partial charge in [-0.15, -0.1) is 0 Å². The molecule has 1 aromatic heterocycles.